The van der Waals surface area contributed by atoms with Gasteiger partial charge in [0.25, 0.3) is 11.7 Å². The summed E-state index contributed by atoms with van der Waals surface area (Å²) in [5, 5.41) is 11.2. The van der Waals surface area contributed by atoms with Crippen LogP contribution >= 0.6 is 0 Å². The van der Waals surface area contributed by atoms with Crippen LogP contribution in [0, 0.1) is 6.92 Å². The van der Waals surface area contributed by atoms with E-state index in [1.807, 2.05) is 32.0 Å². The summed E-state index contributed by atoms with van der Waals surface area (Å²) >= 11 is 0. The zero-order valence-electron chi connectivity index (χ0n) is 17.6. The number of ketones is 1. The Morgan fingerprint density at radius 1 is 1.13 bits per heavy atom. The van der Waals surface area contributed by atoms with Gasteiger partial charge < -0.3 is 14.3 Å². The van der Waals surface area contributed by atoms with Gasteiger partial charge in [0, 0.05) is 5.69 Å². The Hall–Kier alpha value is -3.80. The molecule has 4 rings (SSSR count). The smallest absolute Gasteiger partial charge is 0.300 e. The summed E-state index contributed by atoms with van der Waals surface area (Å²) in [6, 6.07) is 15.2. The lowest BCUT2D eigenvalue weighted by molar-refractivity contribution is -0.132. The van der Waals surface area contributed by atoms with E-state index in [0.29, 0.717) is 22.8 Å². The molecule has 31 heavy (non-hydrogen) atoms. The van der Waals surface area contributed by atoms with Crippen molar-refractivity contribution in [1.29, 1.82) is 0 Å². The first-order chi connectivity index (χ1) is 15.0. The number of ether oxygens (including phenoxy) is 1. The summed E-state index contributed by atoms with van der Waals surface area (Å²) in [4.78, 5) is 27.6. The summed E-state index contributed by atoms with van der Waals surface area (Å²) in [6.45, 7) is 3.91. The molecule has 6 nitrogen and oxygen atoms in total. The first-order valence-corrected chi connectivity index (χ1v) is 10.0. The quantitative estimate of drug-likeness (QED) is 0.367. The number of furan rings is 1. The summed E-state index contributed by atoms with van der Waals surface area (Å²) in [5.74, 6) is -1.01. The number of aryl methyl sites for hydroxylation is 2. The van der Waals surface area contributed by atoms with Gasteiger partial charge in [0.05, 0.1) is 24.5 Å². The Bertz CT molecular complexity index is 1160. The molecule has 0 radical (unpaired) electrons. The van der Waals surface area contributed by atoms with Crippen molar-refractivity contribution in [3.05, 3.63) is 88.9 Å². The second-order valence-corrected chi connectivity index (χ2v) is 7.41. The Kier molecular flexibility index (Phi) is 5.38. The van der Waals surface area contributed by atoms with Crippen molar-refractivity contribution in [2.24, 2.45) is 0 Å². The molecule has 0 saturated carbocycles. The number of methoxy groups -OCH3 is 1. The standard InChI is InChI=1S/C25H23NO5/c1-4-16-8-10-17(11-9-16)26-22(20-6-5-13-31-20)21(24(28)25(26)29)23(27)18-14-15(2)7-12-19(18)30-3/h5-14,22,27H,4H2,1-3H3/b23-21-. The molecular weight excluding hydrogens is 394 g/mol. The zero-order chi connectivity index (χ0) is 22.1. The van der Waals surface area contributed by atoms with Crippen molar-refractivity contribution in [3.8, 4) is 5.75 Å². The Morgan fingerprint density at radius 3 is 2.48 bits per heavy atom. The number of hydrogen-bond donors (Lipinski definition) is 1. The molecule has 0 spiro atoms. The summed E-state index contributed by atoms with van der Waals surface area (Å²) < 4.78 is 11.0. The molecule has 1 aliphatic rings. The average Bonchev–Trinajstić information content (AvgIpc) is 3.40. The highest BCUT2D eigenvalue weighted by atomic mass is 16.5. The first kappa shape index (κ1) is 20.5. The molecule has 6 heteroatoms. The van der Waals surface area contributed by atoms with Crippen LogP contribution in [0.4, 0.5) is 5.69 Å². The molecule has 1 N–H and O–H groups in total. The van der Waals surface area contributed by atoms with Gasteiger partial charge in [-0.25, -0.2) is 0 Å². The number of anilines is 1. The van der Waals surface area contributed by atoms with E-state index in [-0.39, 0.29) is 11.3 Å². The Balaban J connectivity index is 1.93. The molecular formula is C25H23NO5. The molecule has 3 aromatic rings. The van der Waals surface area contributed by atoms with E-state index >= 15 is 0 Å². The minimum absolute atomic E-state index is 0.0385. The van der Waals surface area contributed by atoms with E-state index in [0.717, 1.165) is 17.5 Å². The molecule has 1 amide bonds. The third-order valence-electron chi connectivity index (χ3n) is 5.49. The van der Waals surface area contributed by atoms with E-state index in [9.17, 15) is 14.7 Å². The van der Waals surface area contributed by atoms with Crippen LogP contribution in [0.1, 0.15) is 35.4 Å². The monoisotopic (exact) mass is 417 g/mol. The number of carbonyl (C=O) groups is 2. The Morgan fingerprint density at radius 2 is 1.87 bits per heavy atom. The van der Waals surface area contributed by atoms with Gasteiger partial charge in [-0.3, -0.25) is 14.5 Å². The summed E-state index contributed by atoms with van der Waals surface area (Å²) in [6.07, 6.45) is 2.33. The first-order valence-electron chi connectivity index (χ1n) is 10.0. The van der Waals surface area contributed by atoms with Crippen LogP contribution in [-0.4, -0.2) is 23.9 Å². The van der Waals surface area contributed by atoms with Crippen LogP contribution in [-0.2, 0) is 16.0 Å². The number of carbonyl (C=O) groups excluding carboxylic acids is 2. The molecule has 0 aliphatic carbocycles. The maximum atomic E-state index is 13.1. The number of amides is 1. The lowest BCUT2D eigenvalue weighted by atomic mass is 9.97. The highest BCUT2D eigenvalue weighted by molar-refractivity contribution is 6.51. The molecule has 2 heterocycles. The van der Waals surface area contributed by atoms with E-state index < -0.39 is 17.7 Å². The number of aliphatic hydroxyl groups excluding tert-OH is 1. The molecule has 0 bridgehead atoms. The van der Waals surface area contributed by atoms with Crippen molar-refractivity contribution >= 4 is 23.1 Å². The summed E-state index contributed by atoms with van der Waals surface area (Å²) in [7, 11) is 1.49. The normalized spacial score (nSPS) is 17.9. The maximum absolute atomic E-state index is 13.1. The number of nitrogens with zero attached hydrogens (tertiary/aromatic N) is 1. The van der Waals surface area contributed by atoms with Gasteiger partial charge in [-0.05, 0) is 55.3 Å². The number of rotatable bonds is 5. The zero-order valence-corrected chi connectivity index (χ0v) is 17.6. The number of hydrogen-bond acceptors (Lipinski definition) is 5. The Labute approximate surface area is 180 Å². The maximum Gasteiger partial charge on any atom is 0.300 e. The van der Waals surface area contributed by atoms with E-state index in [2.05, 4.69) is 0 Å². The second-order valence-electron chi connectivity index (χ2n) is 7.41. The summed E-state index contributed by atoms with van der Waals surface area (Å²) in [5.41, 5.74) is 2.85. The highest BCUT2D eigenvalue weighted by Crippen LogP contribution is 2.43. The van der Waals surface area contributed by atoms with Gasteiger partial charge in [-0.15, -0.1) is 0 Å². The highest BCUT2D eigenvalue weighted by Gasteiger charge is 2.48. The fourth-order valence-corrected chi connectivity index (χ4v) is 3.86. The van der Waals surface area contributed by atoms with E-state index in [4.69, 9.17) is 9.15 Å². The van der Waals surface area contributed by atoms with Crippen LogP contribution in [0.25, 0.3) is 5.76 Å². The molecule has 1 atom stereocenters. The third kappa shape index (κ3) is 3.50. The number of Topliss-reactive ketones (excluding diaryl/α,β-unsaturated/α-hetero) is 1. The predicted octanol–water partition coefficient (Wildman–Crippen LogP) is 4.79. The predicted molar refractivity (Wildman–Crippen MR) is 117 cm³/mol. The third-order valence-corrected chi connectivity index (χ3v) is 5.49. The number of benzene rings is 2. The molecule has 2 aromatic carbocycles. The van der Waals surface area contributed by atoms with Crippen LogP contribution in [0.5, 0.6) is 5.75 Å². The molecule has 1 aromatic heterocycles. The van der Waals surface area contributed by atoms with Crippen LogP contribution < -0.4 is 9.64 Å². The second kappa shape index (κ2) is 8.14. The van der Waals surface area contributed by atoms with Gasteiger partial charge in [0.1, 0.15) is 23.3 Å². The molecule has 1 saturated heterocycles. The van der Waals surface area contributed by atoms with Crippen LogP contribution in [0.2, 0.25) is 0 Å². The van der Waals surface area contributed by atoms with E-state index in [1.165, 1.54) is 18.3 Å². The van der Waals surface area contributed by atoms with Gasteiger partial charge in [-0.1, -0.05) is 30.7 Å². The fourth-order valence-electron chi connectivity index (χ4n) is 3.86. The molecule has 1 unspecified atom stereocenters. The SMILES string of the molecule is CCc1ccc(N2C(=O)C(=O)/C(=C(\O)c3cc(C)ccc3OC)C2c2ccco2)cc1. The van der Waals surface area contributed by atoms with Gasteiger partial charge in [-0.2, -0.15) is 0 Å². The fraction of sp³-hybridized carbons (Fsp3) is 0.200. The largest absolute Gasteiger partial charge is 0.507 e. The van der Waals surface area contributed by atoms with Gasteiger partial charge in [0.15, 0.2) is 0 Å². The lowest BCUT2D eigenvalue weighted by Crippen LogP contribution is -2.29. The van der Waals surface area contributed by atoms with Crippen molar-refractivity contribution in [2.75, 3.05) is 12.0 Å². The van der Waals surface area contributed by atoms with Crippen molar-refractivity contribution in [2.45, 2.75) is 26.3 Å². The minimum Gasteiger partial charge on any atom is -0.507 e. The van der Waals surface area contributed by atoms with Crippen LogP contribution in [0.3, 0.4) is 0 Å². The van der Waals surface area contributed by atoms with Crippen molar-refractivity contribution in [3.63, 3.8) is 0 Å². The van der Waals surface area contributed by atoms with Crippen molar-refractivity contribution < 1.29 is 23.8 Å². The topological polar surface area (TPSA) is 80.0 Å². The molecule has 158 valence electrons. The van der Waals surface area contributed by atoms with E-state index in [1.54, 1.807) is 36.4 Å². The lowest BCUT2D eigenvalue weighted by Gasteiger charge is -2.23. The number of aliphatic hydroxyl groups is 1. The minimum atomic E-state index is -0.896. The average molecular weight is 417 g/mol. The molecule has 1 fully saturated rings. The van der Waals surface area contributed by atoms with Crippen LogP contribution in [0.15, 0.2) is 70.9 Å². The van der Waals surface area contributed by atoms with Crippen molar-refractivity contribution in [1.82, 2.24) is 0 Å². The van der Waals surface area contributed by atoms with Gasteiger partial charge in [0.2, 0.25) is 0 Å². The molecule has 1 aliphatic heterocycles. The van der Waals surface area contributed by atoms with Gasteiger partial charge >= 0.3 is 0 Å².